The van der Waals surface area contributed by atoms with Crippen molar-refractivity contribution < 1.29 is 45.8 Å². The zero-order chi connectivity index (χ0) is 28.0. The van der Waals surface area contributed by atoms with Crippen LogP contribution in [-0.4, -0.2) is 52.2 Å². The number of pyridine rings is 1. The molecule has 0 bridgehead atoms. The molecule has 7 nitrogen and oxygen atoms in total. The first kappa shape index (κ1) is 30.5. The number of nitrogens with two attached hydrogens (primary N) is 1. The standard InChI is InChI=1S/C20H20Cl2F3N3O2.C2HF3O2/c21-15-4-3-12(6-16(15)22)9-19(29)28-5-1-2-14(11-28)30-18-8-13(10-26)7-17(27-18)20(23,24)25;3-2(4,5)1(6)7/h3-4,6-8,14H,1-2,5,9-11,26H2;(H,6,7). The second kappa shape index (κ2) is 12.7. The van der Waals surface area contributed by atoms with Gasteiger partial charge in [0, 0.05) is 19.2 Å². The summed E-state index contributed by atoms with van der Waals surface area (Å²) in [5, 5.41) is 7.90. The number of likely N-dealkylation sites (tertiary alicyclic amines) is 1. The fourth-order valence-electron chi connectivity index (χ4n) is 3.25. The quantitative estimate of drug-likeness (QED) is 0.480. The molecular weight excluding hydrogens is 555 g/mol. The SMILES string of the molecule is NCc1cc(OC2CCCN(C(=O)Cc3ccc(Cl)c(Cl)c3)C2)nc(C(F)(F)F)c1.O=C(O)C(F)(F)F. The van der Waals surface area contributed by atoms with Gasteiger partial charge in [0.05, 0.1) is 23.0 Å². The van der Waals surface area contributed by atoms with Crippen molar-refractivity contribution in [2.45, 2.75) is 44.3 Å². The van der Waals surface area contributed by atoms with Gasteiger partial charge < -0.3 is 20.5 Å². The molecule has 1 fully saturated rings. The average Bonchev–Trinajstić information content (AvgIpc) is 2.80. The van der Waals surface area contributed by atoms with Crippen molar-refractivity contribution in [3.05, 3.63) is 57.2 Å². The van der Waals surface area contributed by atoms with Gasteiger partial charge in [-0.15, -0.1) is 0 Å². The number of carbonyl (C=O) groups is 2. The van der Waals surface area contributed by atoms with Gasteiger partial charge in [-0.25, -0.2) is 9.78 Å². The molecule has 2 heterocycles. The highest BCUT2D eigenvalue weighted by molar-refractivity contribution is 6.42. The lowest BCUT2D eigenvalue weighted by Gasteiger charge is -2.33. The second-order valence-corrected chi connectivity index (χ2v) is 8.67. The molecule has 1 amide bonds. The Balaban J connectivity index is 0.000000604. The topological polar surface area (TPSA) is 106 Å². The number of benzene rings is 1. The third-order valence-corrected chi connectivity index (χ3v) is 5.73. The molecule has 1 atom stereocenters. The van der Waals surface area contributed by atoms with Crippen LogP contribution in [0.4, 0.5) is 26.3 Å². The van der Waals surface area contributed by atoms with E-state index < -0.39 is 30.1 Å². The number of hydrogen-bond acceptors (Lipinski definition) is 5. The number of nitrogens with zero attached hydrogens (tertiary/aromatic N) is 2. The van der Waals surface area contributed by atoms with Crippen molar-refractivity contribution in [1.29, 1.82) is 0 Å². The van der Waals surface area contributed by atoms with E-state index in [-0.39, 0.29) is 36.9 Å². The van der Waals surface area contributed by atoms with Gasteiger partial charge in [0.2, 0.25) is 11.8 Å². The van der Waals surface area contributed by atoms with Crippen molar-refractivity contribution in [1.82, 2.24) is 9.88 Å². The molecule has 15 heteroatoms. The highest BCUT2D eigenvalue weighted by Crippen LogP contribution is 2.31. The predicted octanol–water partition coefficient (Wildman–Crippen LogP) is 5.11. The summed E-state index contributed by atoms with van der Waals surface area (Å²) in [4.78, 5) is 26.8. The molecular formula is C22H21Cl2F6N3O4. The summed E-state index contributed by atoms with van der Waals surface area (Å²) in [5.74, 6) is -3.03. The van der Waals surface area contributed by atoms with Crippen LogP contribution in [0.3, 0.4) is 0 Å². The van der Waals surface area contributed by atoms with E-state index in [9.17, 15) is 31.1 Å². The lowest BCUT2D eigenvalue weighted by atomic mass is 10.1. The van der Waals surface area contributed by atoms with Gasteiger partial charge in [-0.2, -0.15) is 26.3 Å². The van der Waals surface area contributed by atoms with Crippen LogP contribution in [0, 0.1) is 0 Å². The summed E-state index contributed by atoms with van der Waals surface area (Å²) in [6, 6.07) is 7.29. The Morgan fingerprint density at radius 3 is 2.27 bits per heavy atom. The molecule has 1 aliphatic heterocycles. The Kier molecular flexibility index (Phi) is 10.4. The number of piperidine rings is 1. The van der Waals surface area contributed by atoms with E-state index in [0.29, 0.717) is 29.4 Å². The van der Waals surface area contributed by atoms with Crippen molar-refractivity contribution in [3.63, 3.8) is 0 Å². The van der Waals surface area contributed by atoms with E-state index in [1.807, 2.05) is 0 Å². The van der Waals surface area contributed by atoms with Crippen molar-refractivity contribution >= 4 is 35.1 Å². The minimum absolute atomic E-state index is 0.0686. The summed E-state index contributed by atoms with van der Waals surface area (Å²) in [5.41, 5.74) is 5.45. The molecule has 0 spiro atoms. The Morgan fingerprint density at radius 1 is 1.08 bits per heavy atom. The van der Waals surface area contributed by atoms with Crippen molar-refractivity contribution in [2.75, 3.05) is 13.1 Å². The van der Waals surface area contributed by atoms with Gasteiger partial charge in [-0.3, -0.25) is 4.79 Å². The first-order valence-corrected chi connectivity index (χ1v) is 11.3. The Labute approximate surface area is 217 Å². The lowest BCUT2D eigenvalue weighted by molar-refractivity contribution is -0.192. The molecule has 0 aliphatic carbocycles. The number of rotatable bonds is 5. The monoisotopic (exact) mass is 575 g/mol. The van der Waals surface area contributed by atoms with Crippen LogP contribution < -0.4 is 10.5 Å². The van der Waals surface area contributed by atoms with E-state index in [1.165, 1.54) is 6.07 Å². The summed E-state index contributed by atoms with van der Waals surface area (Å²) >= 11 is 11.9. The minimum Gasteiger partial charge on any atom is -0.475 e. The molecule has 1 saturated heterocycles. The van der Waals surface area contributed by atoms with Crippen LogP contribution in [0.25, 0.3) is 0 Å². The number of carboxylic acids is 1. The Hall–Kier alpha value is -2.77. The van der Waals surface area contributed by atoms with Gasteiger partial charge in [-0.05, 0) is 42.2 Å². The van der Waals surface area contributed by atoms with Crippen LogP contribution in [0.2, 0.25) is 10.0 Å². The molecule has 2 aromatic rings. The van der Waals surface area contributed by atoms with Gasteiger partial charge in [0.15, 0.2) is 0 Å². The number of hydrogen-bond donors (Lipinski definition) is 2. The number of alkyl halides is 6. The number of carbonyl (C=O) groups excluding carboxylic acids is 1. The third kappa shape index (κ3) is 9.56. The predicted molar refractivity (Wildman–Crippen MR) is 121 cm³/mol. The summed E-state index contributed by atoms with van der Waals surface area (Å²) in [6.45, 7) is 0.737. The number of amides is 1. The van der Waals surface area contributed by atoms with E-state index >= 15 is 0 Å². The van der Waals surface area contributed by atoms with E-state index in [4.69, 9.17) is 43.6 Å². The van der Waals surface area contributed by atoms with E-state index in [0.717, 1.165) is 11.6 Å². The average molecular weight is 576 g/mol. The maximum absolute atomic E-state index is 13.1. The molecule has 1 aromatic heterocycles. The van der Waals surface area contributed by atoms with Gasteiger partial charge in [0.25, 0.3) is 0 Å². The highest BCUT2D eigenvalue weighted by Gasteiger charge is 2.38. The molecule has 3 N–H and O–H groups in total. The maximum atomic E-state index is 13.1. The van der Waals surface area contributed by atoms with Crippen molar-refractivity contribution in [2.24, 2.45) is 5.73 Å². The van der Waals surface area contributed by atoms with E-state index in [1.54, 1.807) is 23.1 Å². The van der Waals surface area contributed by atoms with Gasteiger partial charge >= 0.3 is 18.3 Å². The summed E-state index contributed by atoms with van der Waals surface area (Å²) in [6.07, 6.45) is -8.73. The molecule has 3 rings (SSSR count). The first-order valence-electron chi connectivity index (χ1n) is 10.6. The van der Waals surface area contributed by atoms with Crippen LogP contribution in [-0.2, 0) is 28.7 Å². The number of aliphatic carboxylic acids is 1. The van der Waals surface area contributed by atoms with Gasteiger partial charge in [-0.1, -0.05) is 29.3 Å². The Morgan fingerprint density at radius 2 is 1.73 bits per heavy atom. The molecule has 1 aromatic carbocycles. The minimum atomic E-state index is -5.08. The van der Waals surface area contributed by atoms with Crippen LogP contribution in [0.5, 0.6) is 5.88 Å². The second-order valence-electron chi connectivity index (χ2n) is 7.85. The van der Waals surface area contributed by atoms with Crippen LogP contribution in [0.1, 0.15) is 29.7 Å². The normalized spacial score (nSPS) is 16.0. The molecule has 0 radical (unpaired) electrons. The van der Waals surface area contributed by atoms with Crippen LogP contribution in [0.15, 0.2) is 30.3 Å². The number of ether oxygens (including phenoxy) is 1. The van der Waals surface area contributed by atoms with Crippen LogP contribution >= 0.6 is 23.2 Å². The zero-order valence-electron chi connectivity index (χ0n) is 18.9. The fraction of sp³-hybridized carbons (Fsp3) is 0.409. The number of aromatic nitrogens is 1. The maximum Gasteiger partial charge on any atom is 0.490 e. The van der Waals surface area contributed by atoms with Crippen molar-refractivity contribution in [3.8, 4) is 5.88 Å². The van der Waals surface area contributed by atoms with Gasteiger partial charge in [0.1, 0.15) is 11.8 Å². The molecule has 1 aliphatic rings. The number of carboxylic acid groups (broad SMARTS) is 1. The molecule has 1 unspecified atom stereocenters. The zero-order valence-corrected chi connectivity index (χ0v) is 20.4. The third-order valence-electron chi connectivity index (χ3n) is 4.99. The highest BCUT2D eigenvalue weighted by atomic mass is 35.5. The molecule has 37 heavy (non-hydrogen) atoms. The first-order chi connectivity index (χ1) is 17.1. The largest absolute Gasteiger partial charge is 0.490 e. The smallest absolute Gasteiger partial charge is 0.475 e. The fourth-order valence-corrected chi connectivity index (χ4v) is 3.57. The summed E-state index contributed by atoms with van der Waals surface area (Å²) in [7, 11) is 0. The summed E-state index contributed by atoms with van der Waals surface area (Å²) < 4.78 is 76.6. The lowest BCUT2D eigenvalue weighted by Crippen LogP contribution is -2.45. The number of halogens is 8. The Bertz CT molecular complexity index is 1110. The molecule has 0 saturated carbocycles. The van der Waals surface area contributed by atoms with E-state index in [2.05, 4.69) is 4.98 Å². The molecule has 204 valence electrons.